The van der Waals surface area contributed by atoms with Crippen LogP contribution in [0.1, 0.15) is 25.8 Å². The third kappa shape index (κ3) is 2.36. The van der Waals surface area contributed by atoms with Crippen LogP contribution in [0.4, 0.5) is 5.69 Å². The van der Waals surface area contributed by atoms with Crippen molar-refractivity contribution in [3.8, 4) is 6.07 Å². The zero-order valence-corrected chi connectivity index (χ0v) is 10.7. The van der Waals surface area contributed by atoms with Gasteiger partial charge in [-0.2, -0.15) is 5.26 Å². The number of rotatable bonds is 1. The monoisotopic (exact) mass is 243 g/mol. The number of hydrogen-bond acceptors (Lipinski definition) is 3. The molecule has 94 valence electrons. The van der Waals surface area contributed by atoms with Crippen LogP contribution >= 0.6 is 0 Å². The lowest BCUT2D eigenvalue weighted by molar-refractivity contribution is -0.118. The van der Waals surface area contributed by atoms with Crippen molar-refractivity contribution in [1.82, 2.24) is 5.32 Å². The molecule has 1 aromatic carbocycles. The summed E-state index contributed by atoms with van der Waals surface area (Å²) in [6.07, 6.45) is 0.902. The van der Waals surface area contributed by atoms with Crippen LogP contribution in [0.25, 0.3) is 0 Å². The summed E-state index contributed by atoms with van der Waals surface area (Å²) in [5, 5.41) is 11.9. The largest absolute Gasteiger partial charge is 0.308 e. The summed E-state index contributed by atoms with van der Waals surface area (Å²) in [5.41, 5.74) is 1.25. The molecule has 0 bridgehead atoms. The number of nitriles is 1. The molecular formula is C14H17N3O. The molecule has 2 rings (SSSR count). The van der Waals surface area contributed by atoms with Gasteiger partial charge >= 0.3 is 0 Å². The number of benzene rings is 1. The summed E-state index contributed by atoms with van der Waals surface area (Å²) in [4.78, 5) is 14.0. The predicted molar refractivity (Wildman–Crippen MR) is 70.2 cm³/mol. The number of hydrogen-bond donors (Lipinski definition) is 1. The van der Waals surface area contributed by atoms with E-state index in [-0.39, 0.29) is 11.4 Å². The topological polar surface area (TPSA) is 56.1 Å². The van der Waals surface area contributed by atoms with Crippen molar-refractivity contribution in [2.75, 3.05) is 18.0 Å². The molecule has 4 nitrogen and oxygen atoms in total. The maximum atomic E-state index is 12.2. The summed E-state index contributed by atoms with van der Waals surface area (Å²) >= 11 is 0. The highest BCUT2D eigenvalue weighted by Crippen LogP contribution is 2.28. The Morgan fingerprint density at radius 3 is 2.61 bits per heavy atom. The number of nitrogens with zero attached hydrogens (tertiary/aromatic N) is 2. The van der Waals surface area contributed by atoms with Crippen molar-refractivity contribution in [3.05, 3.63) is 29.8 Å². The van der Waals surface area contributed by atoms with Gasteiger partial charge in [0.2, 0.25) is 5.91 Å². The van der Waals surface area contributed by atoms with Crippen LogP contribution in [0, 0.1) is 11.3 Å². The Hall–Kier alpha value is -1.86. The van der Waals surface area contributed by atoms with Crippen molar-refractivity contribution in [3.63, 3.8) is 0 Å². The lowest BCUT2D eigenvalue weighted by atomic mass is 9.97. The Bertz CT molecular complexity index is 485. The van der Waals surface area contributed by atoms with Gasteiger partial charge in [-0.15, -0.1) is 0 Å². The Balaban J connectivity index is 2.38. The van der Waals surface area contributed by atoms with E-state index in [4.69, 9.17) is 5.26 Å². The molecule has 1 amide bonds. The highest BCUT2D eigenvalue weighted by Gasteiger charge is 2.33. The smallest absolute Gasteiger partial charge is 0.241 e. The number of carbonyl (C=O) groups excluding carboxylic acids is 1. The molecule has 0 aliphatic carbocycles. The molecule has 1 aliphatic rings. The molecular weight excluding hydrogens is 226 g/mol. The van der Waals surface area contributed by atoms with Crippen molar-refractivity contribution in [2.45, 2.75) is 25.8 Å². The van der Waals surface area contributed by atoms with E-state index in [2.05, 4.69) is 25.2 Å². The molecule has 0 unspecified atom stereocenters. The van der Waals surface area contributed by atoms with Crippen molar-refractivity contribution in [1.29, 1.82) is 5.26 Å². The Morgan fingerprint density at radius 1 is 1.33 bits per heavy atom. The second-order valence-electron chi connectivity index (χ2n) is 5.13. The standard InChI is InChI=1S/C14H17N3O/c1-14(2)7-8-16-10-13(18)17(14)12-5-3-11(9-15)4-6-12/h3-6,16H,7-8,10H2,1-2H3. The zero-order valence-electron chi connectivity index (χ0n) is 10.7. The van der Waals surface area contributed by atoms with Crippen LogP contribution < -0.4 is 10.2 Å². The van der Waals surface area contributed by atoms with Crippen molar-refractivity contribution >= 4 is 11.6 Å². The zero-order chi connectivity index (χ0) is 13.2. The van der Waals surface area contributed by atoms with Gasteiger partial charge in [0.1, 0.15) is 0 Å². The van der Waals surface area contributed by atoms with Gasteiger partial charge in [-0.1, -0.05) is 0 Å². The third-order valence-electron chi connectivity index (χ3n) is 3.30. The molecule has 0 saturated carbocycles. The van der Waals surface area contributed by atoms with E-state index in [1.165, 1.54) is 0 Å². The average molecular weight is 243 g/mol. The van der Waals surface area contributed by atoms with Crippen LogP contribution in [-0.2, 0) is 4.79 Å². The summed E-state index contributed by atoms with van der Waals surface area (Å²) in [7, 11) is 0. The predicted octanol–water partition coefficient (Wildman–Crippen LogP) is 1.66. The number of carbonyl (C=O) groups is 1. The summed E-state index contributed by atoms with van der Waals surface area (Å²) in [6, 6.07) is 9.25. The summed E-state index contributed by atoms with van der Waals surface area (Å²) < 4.78 is 0. The van der Waals surface area contributed by atoms with Crippen molar-refractivity contribution in [2.24, 2.45) is 0 Å². The minimum absolute atomic E-state index is 0.0715. The fraction of sp³-hybridized carbons (Fsp3) is 0.429. The molecule has 0 atom stereocenters. The molecule has 1 N–H and O–H groups in total. The first-order valence-corrected chi connectivity index (χ1v) is 6.08. The highest BCUT2D eigenvalue weighted by molar-refractivity contribution is 5.96. The molecule has 1 aromatic rings. The number of amides is 1. The Morgan fingerprint density at radius 2 is 2.00 bits per heavy atom. The fourth-order valence-corrected chi connectivity index (χ4v) is 2.30. The maximum absolute atomic E-state index is 12.2. The molecule has 0 spiro atoms. The van der Waals surface area contributed by atoms with E-state index < -0.39 is 0 Å². The Kier molecular flexibility index (Phi) is 3.35. The van der Waals surface area contributed by atoms with Gasteiger partial charge in [-0.05, 0) is 51.1 Å². The van der Waals surface area contributed by atoms with Crippen LogP contribution in [0.15, 0.2) is 24.3 Å². The highest BCUT2D eigenvalue weighted by atomic mass is 16.2. The first-order valence-electron chi connectivity index (χ1n) is 6.08. The van der Waals surface area contributed by atoms with E-state index in [0.717, 1.165) is 18.7 Å². The number of anilines is 1. The van der Waals surface area contributed by atoms with Gasteiger partial charge in [0.05, 0.1) is 18.2 Å². The minimum Gasteiger partial charge on any atom is -0.308 e. The van der Waals surface area contributed by atoms with E-state index in [9.17, 15) is 4.79 Å². The lowest BCUT2D eigenvalue weighted by Gasteiger charge is -2.37. The van der Waals surface area contributed by atoms with Crippen LogP contribution in [0.5, 0.6) is 0 Å². The van der Waals surface area contributed by atoms with Gasteiger partial charge in [0.15, 0.2) is 0 Å². The second-order valence-corrected chi connectivity index (χ2v) is 5.13. The second kappa shape index (κ2) is 4.79. The molecule has 0 radical (unpaired) electrons. The van der Waals surface area contributed by atoms with E-state index in [0.29, 0.717) is 12.1 Å². The maximum Gasteiger partial charge on any atom is 0.241 e. The van der Waals surface area contributed by atoms with Gasteiger partial charge < -0.3 is 10.2 Å². The first-order chi connectivity index (χ1) is 8.54. The molecule has 1 fully saturated rings. The van der Waals surface area contributed by atoms with E-state index in [1.54, 1.807) is 12.1 Å². The Labute approximate surface area is 107 Å². The molecule has 18 heavy (non-hydrogen) atoms. The van der Waals surface area contributed by atoms with Gasteiger partial charge in [0, 0.05) is 11.2 Å². The van der Waals surface area contributed by atoms with E-state index in [1.807, 2.05) is 17.0 Å². The molecule has 0 aromatic heterocycles. The summed E-state index contributed by atoms with van der Waals surface area (Å²) in [6.45, 7) is 5.33. The van der Waals surface area contributed by atoms with Gasteiger partial charge in [-0.25, -0.2) is 0 Å². The van der Waals surface area contributed by atoms with E-state index >= 15 is 0 Å². The molecule has 1 aliphatic heterocycles. The molecule has 4 heteroatoms. The lowest BCUT2D eigenvalue weighted by Crippen LogP contribution is -2.48. The number of nitrogens with one attached hydrogen (secondary N) is 1. The SMILES string of the molecule is CC1(C)CCNCC(=O)N1c1ccc(C#N)cc1. The fourth-order valence-electron chi connectivity index (χ4n) is 2.30. The van der Waals surface area contributed by atoms with Crippen LogP contribution in [0.2, 0.25) is 0 Å². The quantitative estimate of drug-likeness (QED) is 0.816. The van der Waals surface area contributed by atoms with Crippen LogP contribution in [0.3, 0.4) is 0 Å². The first kappa shape index (κ1) is 12.6. The van der Waals surface area contributed by atoms with Gasteiger partial charge in [-0.3, -0.25) is 4.79 Å². The molecule has 1 saturated heterocycles. The normalized spacial score (nSPS) is 19.2. The third-order valence-corrected chi connectivity index (χ3v) is 3.30. The van der Waals surface area contributed by atoms with Crippen LogP contribution in [-0.4, -0.2) is 24.5 Å². The average Bonchev–Trinajstić information content (AvgIpc) is 2.48. The van der Waals surface area contributed by atoms with Crippen molar-refractivity contribution < 1.29 is 4.79 Å². The van der Waals surface area contributed by atoms with Gasteiger partial charge in [0.25, 0.3) is 0 Å². The minimum atomic E-state index is -0.214. The molecule has 1 heterocycles. The summed E-state index contributed by atoms with van der Waals surface area (Å²) in [5.74, 6) is 0.0715.